The lowest BCUT2D eigenvalue weighted by Gasteiger charge is -2.09. The van der Waals surface area contributed by atoms with Gasteiger partial charge < -0.3 is 9.30 Å². The number of carbonyl (C=O) groups excluding carboxylic acids is 1. The molecule has 0 unspecified atom stereocenters. The molecule has 1 aromatic heterocycles. The highest BCUT2D eigenvalue weighted by Crippen LogP contribution is 2.22. The summed E-state index contributed by atoms with van der Waals surface area (Å²) in [6.07, 6.45) is 1.89. The number of nitrogens with two attached hydrogens (primary N) is 1. The van der Waals surface area contributed by atoms with Gasteiger partial charge in [-0.15, -0.1) is 0 Å². The molecule has 0 aliphatic heterocycles. The van der Waals surface area contributed by atoms with Crippen LogP contribution in [0, 0.1) is 0 Å². The number of primary sulfonamides is 1. The molecule has 0 aliphatic carbocycles. The van der Waals surface area contributed by atoms with E-state index in [1.807, 2.05) is 4.57 Å². The largest absolute Gasteiger partial charge is 0.454 e. The molecule has 9 heteroatoms. The molecule has 1 heterocycles. The molecule has 2 N–H and O–H groups in total. The predicted octanol–water partition coefficient (Wildman–Crippen LogP) is 3.60. The van der Waals surface area contributed by atoms with Gasteiger partial charge in [-0.2, -0.15) is 0 Å². The predicted molar refractivity (Wildman–Crippen MR) is 109 cm³/mol. The third-order valence-corrected chi connectivity index (χ3v) is 5.71. The van der Waals surface area contributed by atoms with Gasteiger partial charge in [0.05, 0.1) is 21.5 Å². The minimum Gasteiger partial charge on any atom is -0.454 e. The van der Waals surface area contributed by atoms with E-state index in [1.165, 1.54) is 12.1 Å². The number of halogens is 1. The third-order valence-electron chi connectivity index (χ3n) is 4.27. The number of esters is 1. The van der Waals surface area contributed by atoms with Gasteiger partial charge in [-0.25, -0.2) is 23.3 Å². The second-order valence-electron chi connectivity index (χ2n) is 6.31. The fraction of sp³-hybridized carbons (Fsp3) is 0.263. The first-order chi connectivity index (χ1) is 13.3. The molecule has 0 fully saturated rings. The highest BCUT2D eigenvalue weighted by Gasteiger charge is 2.16. The topological polar surface area (TPSA) is 104 Å². The van der Waals surface area contributed by atoms with Gasteiger partial charge >= 0.3 is 5.97 Å². The van der Waals surface area contributed by atoms with Crippen LogP contribution in [0.1, 0.15) is 35.9 Å². The summed E-state index contributed by atoms with van der Waals surface area (Å²) in [5.41, 5.74) is 1.71. The number of nitrogens with zero attached hydrogens (tertiary/aromatic N) is 2. The first-order valence-electron chi connectivity index (χ1n) is 8.74. The smallest absolute Gasteiger partial charge is 0.338 e. The van der Waals surface area contributed by atoms with Gasteiger partial charge in [0, 0.05) is 11.0 Å². The van der Waals surface area contributed by atoms with E-state index in [4.69, 9.17) is 9.88 Å². The fourth-order valence-electron chi connectivity index (χ4n) is 2.81. The van der Waals surface area contributed by atoms with Crippen LogP contribution < -0.4 is 5.14 Å². The molecule has 0 aliphatic rings. The number of hydrogen-bond acceptors (Lipinski definition) is 5. The average Bonchev–Trinajstić information content (AvgIpc) is 3.01. The van der Waals surface area contributed by atoms with Crippen LogP contribution in [0.15, 0.2) is 51.8 Å². The average molecular weight is 466 g/mol. The van der Waals surface area contributed by atoms with Crippen LogP contribution in [0.2, 0.25) is 0 Å². The Hall–Kier alpha value is -2.23. The van der Waals surface area contributed by atoms with Crippen LogP contribution >= 0.6 is 15.9 Å². The Balaban J connectivity index is 1.89. The Morgan fingerprint density at radius 3 is 2.57 bits per heavy atom. The van der Waals surface area contributed by atoms with Gasteiger partial charge in [0.25, 0.3) is 0 Å². The van der Waals surface area contributed by atoms with Crippen LogP contribution in [-0.4, -0.2) is 23.9 Å². The summed E-state index contributed by atoms with van der Waals surface area (Å²) in [6, 6.07) is 11.4. The molecule has 28 heavy (non-hydrogen) atoms. The van der Waals surface area contributed by atoms with Crippen molar-refractivity contribution in [2.75, 3.05) is 0 Å². The van der Waals surface area contributed by atoms with Gasteiger partial charge in [0.2, 0.25) is 10.0 Å². The lowest BCUT2D eigenvalue weighted by molar-refractivity contribution is 0.0458. The zero-order valence-corrected chi connectivity index (χ0v) is 17.7. The number of aryl methyl sites for hydroxylation is 1. The van der Waals surface area contributed by atoms with E-state index < -0.39 is 16.0 Å². The molecule has 3 rings (SSSR count). The van der Waals surface area contributed by atoms with Gasteiger partial charge in [-0.1, -0.05) is 29.3 Å². The molecular weight excluding hydrogens is 446 g/mol. The van der Waals surface area contributed by atoms with Crippen molar-refractivity contribution in [3.63, 3.8) is 0 Å². The number of hydrogen-bond donors (Lipinski definition) is 1. The maximum Gasteiger partial charge on any atom is 0.338 e. The maximum absolute atomic E-state index is 12.3. The summed E-state index contributed by atoms with van der Waals surface area (Å²) >= 11 is 3.33. The van der Waals surface area contributed by atoms with E-state index in [2.05, 4.69) is 27.8 Å². The van der Waals surface area contributed by atoms with Gasteiger partial charge in [-0.3, -0.25) is 0 Å². The maximum atomic E-state index is 12.3. The van der Waals surface area contributed by atoms with Crippen molar-refractivity contribution in [1.29, 1.82) is 0 Å². The second kappa shape index (κ2) is 8.42. The highest BCUT2D eigenvalue weighted by molar-refractivity contribution is 9.10. The number of carbonyl (C=O) groups is 1. The number of fused-ring (bicyclic) bond motifs is 1. The quantitative estimate of drug-likeness (QED) is 0.536. The van der Waals surface area contributed by atoms with Crippen molar-refractivity contribution < 1.29 is 17.9 Å². The molecule has 0 saturated carbocycles. The first kappa shape index (κ1) is 20.5. The molecule has 0 radical (unpaired) electrons. The molecule has 7 nitrogen and oxygen atoms in total. The van der Waals surface area contributed by atoms with Crippen molar-refractivity contribution in [2.24, 2.45) is 5.14 Å². The van der Waals surface area contributed by atoms with Crippen LogP contribution in [0.3, 0.4) is 0 Å². The Bertz CT molecular complexity index is 1110. The van der Waals surface area contributed by atoms with Crippen LogP contribution in [-0.2, 0) is 27.9 Å². The monoisotopic (exact) mass is 465 g/mol. The Morgan fingerprint density at radius 1 is 1.21 bits per heavy atom. The molecule has 148 valence electrons. The fourth-order valence-corrected chi connectivity index (χ4v) is 3.61. The molecule has 0 atom stereocenters. The summed E-state index contributed by atoms with van der Waals surface area (Å²) in [4.78, 5) is 16.8. The van der Waals surface area contributed by atoms with Crippen molar-refractivity contribution in [2.45, 2.75) is 37.8 Å². The van der Waals surface area contributed by atoms with Crippen molar-refractivity contribution in [3.05, 3.63) is 58.3 Å². The molecule has 0 bridgehead atoms. The van der Waals surface area contributed by atoms with Crippen molar-refractivity contribution in [3.8, 4) is 0 Å². The summed E-state index contributed by atoms with van der Waals surface area (Å²) in [6.45, 7) is 2.75. The lowest BCUT2D eigenvalue weighted by Crippen LogP contribution is -2.12. The number of rotatable bonds is 7. The normalized spacial score (nSPS) is 11.7. The summed E-state index contributed by atoms with van der Waals surface area (Å²) in [5.74, 6) is 0.104. The Labute approximate surface area is 171 Å². The standard InChI is InChI=1S/C19H20BrN3O4S/c1-2-3-10-23-17-9-8-15(28(21,25)26)11-16(17)22-18(23)12-27-19(24)13-4-6-14(20)7-5-13/h4-9,11H,2-3,10,12H2,1H3,(H2,21,25,26). The lowest BCUT2D eigenvalue weighted by atomic mass is 10.2. The molecule has 2 aromatic carbocycles. The number of aromatic nitrogens is 2. The Kier molecular flexibility index (Phi) is 6.17. The van der Waals surface area contributed by atoms with E-state index in [0.29, 0.717) is 23.4 Å². The zero-order chi connectivity index (χ0) is 20.3. The van der Waals surface area contributed by atoms with Crippen molar-refractivity contribution in [1.82, 2.24) is 9.55 Å². The highest BCUT2D eigenvalue weighted by atomic mass is 79.9. The number of sulfonamides is 1. The first-order valence-corrected chi connectivity index (χ1v) is 11.1. The van der Waals surface area contributed by atoms with E-state index in [9.17, 15) is 13.2 Å². The summed E-state index contributed by atoms with van der Waals surface area (Å²) in [7, 11) is -3.82. The zero-order valence-electron chi connectivity index (χ0n) is 15.3. The number of ether oxygens (including phenoxy) is 1. The molecular formula is C19H20BrN3O4S. The SMILES string of the molecule is CCCCn1c(COC(=O)c2ccc(Br)cc2)nc2cc(S(N)(=O)=O)ccc21. The van der Waals surface area contributed by atoms with Gasteiger partial charge in [-0.05, 0) is 48.9 Å². The van der Waals surface area contributed by atoms with Gasteiger partial charge in [0.1, 0.15) is 12.4 Å². The van der Waals surface area contributed by atoms with Crippen LogP contribution in [0.4, 0.5) is 0 Å². The van der Waals surface area contributed by atoms with Crippen LogP contribution in [0.5, 0.6) is 0 Å². The number of imidazole rings is 1. The van der Waals surface area contributed by atoms with E-state index in [-0.39, 0.29) is 11.5 Å². The molecule has 3 aromatic rings. The molecule has 0 saturated heterocycles. The van der Waals surface area contributed by atoms with Gasteiger partial charge in [0.15, 0.2) is 0 Å². The summed E-state index contributed by atoms with van der Waals surface area (Å²) in [5, 5.41) is 5.21. The van der Waals surface area contributed by atoms with E-state index in [1.54, 1.807) is 30.3 Å². The van der Waals surface area contributed by atoms with Crippen LogP contribution in [0.25, 0.3) is 11.0 Å². The van der Waals surface area contributed by atoms with E-state index >= 15 is 0 Å². The second-order valence-corrected chi connectivity index (χ2v) is 8.79. The summed E-state index contributed by atoms with van der Waals surface area (Å²) < 4.78 is 31.5. The number of benzene rings is 2. The minimum absolute atomic E-state index is 0.00134. The Morgan fingerprint density at radius 2 is 1.93 bits per heavy atom. The molecule has 0 amide bonds. The van der Waals surface area contributed by atoms with Crippen molar-refractivity contribution >= 4 is 43.0 Å². The molecule has 0 spiro atoms. The number of unbranched alkanes of at least 4 members (excludes halogenated alkanes) is 1. The van der Waals surface area contributed by atoms with E-state index in [0.717, 1.165) is 22.8 Å². The third kappa shape index (κ3) is 4.60. The minimum atomic E-state index is -3.82.